The second kappa shape index (κ2) is 4.62. The van der Waals surface area contributed by atoms with Crippen LogP contribution in [0.1, 0.15) is 5.56 Å². The monoisotopic (exact) mass is 338 g/mol. The van der Waals surface area contributed by atoms with Gasteiger partial charge in [0.05, 0.1) is 16.6 Å². The Kier molecular flexibility index (Phi) is 3.07. The largest absolute Gasteiger partial charge is 0.338 e. The van der Waals surface area contributed by atoms with Crippen LogP contribution in [-0.2, 0) is 0 Å². The molecule has 0 saturated carbocycles. The van der Waals surface area contributed by atoms with Gasteiger partial charge in [0.25, 0.3) is 0 Å². The van der Waals surface area contributed by atoms with Crippen molar-refractivity contribution in [1.29, 1.82) is 0 Å². The summed E-state index contributed by atoms with van der Waals surface area (Å²) in [5, 5.41) is 0.372. The Bertz CT molecular complexity index is 782. The first-order valence-corrected chi connectivity index (χ1v) is 6.83. The topological polar surface area (TPSA) is 28.7 Å². The van der Waals surface area contributed by atoms with Crippen molar-refractivity contribution in [2.75, 3.05) is 0 Å². The highest BCUT2D eigenvalue weighted by Crippen LogP contribution is 2.28. The normalized spacial score (nSPS) is 11.2. The maximum absolute atomic E-state index is 13.9. The van der Waals surface area contributed by atoms with E-state index in [4.69, 9.17) is 11.6 Å². The molecule has 0 bridgehead atoms. The fraction of sp³-hybridized carbons (Fsp3) is 0.0714. The third-order valence-corrected chi connectivity index (χ3v) is 3.62. The zero-order chi connectivity index (χ0) is 13.6. The molecule has 1 N–H and O–H groups in total. The summed E-state index contributed by atoms with van der Waals surface area (Å²) in [5.41, 5.74) is 3.15. The zero-order valence-electron chi connectivity index (χ0n) is 9.97. The van der Waals surface area contributed by atoms with Crippen LogP contribution in [0.15, 0.2) is 34.8 Å². The molecule has 0 aliphatic rings. The molecule has 0 saturated heterocycles. The fourth-order valence-electron chi connectivity index (χ4n) is 2.06. The number of aromatic amines is 1. The van der Waals surface area contributed by atoms with Crippen LogP contribution < -0.4 is 0 Å². The van der Waals surface area contributed by atoms with Gasteiger partial charge in [-0.3, -0.25) is 0 Å². The van der Waals surface area contributed by atoms with E-state index in [9.17, 15) is 4.39 Å². The summed E-state index contributed by atoms with van der Waals surface area (Å²) in [6.07, 6.45) is 0. The van der Waals surface area contributed by atoms with Crippen molar-refractivity contribution in [3.63, 3.8) is 0 Å². The maximum atomic E-state index is 13.9. The van der Waals surface area contributed by atoms with Crippen molar-refractivity contribution in [3.05, 3.63) is 51.2 Å². The number of aromatic nitrogens is 2. The smallest absolute Gasteiger partial charge is 0.141 e. The molecule has 0 unspecified atom stereocenters. The van der Waals surface area contributed by atoms with Gasteiger partial charge in [-0.2, -0.15) is 0 Å². The molecular weight excluding hydrogens is 331 g/mol. The number of rotatable bonds is 1. The molecule has 0 spiro atoms. The number of hydrogen-bond donors (Lipinski definition) is 1. The maximum Gasteiger partial charge on any atom is 0.141 e. The summed E-state index contributed by atoms with van der Waals surface area (Å²) in [5.74, 6) is 0.119. The van der Waals surface area contributed by atoms with Crippen LogP contribution in [0.5, 0.6) is 0 Å². The van der Waals surface area contributed by atoms with Crippen LogP contribution in [0.25, 0.3) is 22.4 Å². The van der Waals surface area contributed by atoms with Crippen molar-refractivity contribution in [1.82, 2.24) is 9.97 Å². The van der Waals surface area contributed by atoms with E-state index >= 15 is 0 Å². The van der Waals surface area contributed by atoms with Crippen molar-refractivity contribution in [2.24, 2.45) is 0 Å². The molecule has 3 aromatic rings. The van der Waals surface area contributed by atoms with E-state index in [1.165, 1.54) is 6.07 Å². The van der Waals surface area contributed by atoms with Gasteiger partial charge in [-0.05, 0) is 42.8 Å². The second-order valence-electron chi connectivity index (χ2n) is 4.33. The number of imidazole rings is 1. The molecule has 0 atom stereocenters. The van der Waals surface area contributed by atoms with Crippen LogP contribution in [0.4, 0.5) is 4.39 Å². The Hall–Kier alpha value is -1.39. The first kappa shape index (κ1) is 12.6. The van der Waals surface area contributed by atoms with Crippen LogP contribution >= 0.6 is 27.5 Å². The number of nitrogens with one attached hydrogen (secondary N) is 1. The minimum Gasteiger partial charge on any atom is -0.338 e. The minimum atomic E-state index is -0.386. The number of aryl methyl sites for hydroxylation is 1. The van der Waals surface area contributed by atoms with Crippen molar-refractivity contribution in [2.45, 2.75) is 6.92 Å². The number of H-pyrrole nitrogens is 1. The number of nitrogens with zero attached hydrogens (tertiary/aromatic N) is 1. The molecule has 1 heterocycles. The standard InChI is InChI=1S/C14H9BrClFN2/c1-7-4-8(15)5-12-13(7)19-14(18-12)10-3-2-9(16)6-11(10)17/h2-6H,1H3,(H,18,19). The third kappa shape index (κ3) is 2.26. The molecular formula is C14H9BrClFN2. The van der Waals surface area contributed by atoms with E-state index < -0.39 is 0 Å². The van der Waals surface area contributed by atoms with Gasteiger partial charge in [-0.1, -0.05) is 27.5 Å². The van der Waals surface area contributed by atoms with Crippen molar-refractivity contribution in [3.8, 4) is 11.4 Å². The van der Waals surface area contributed by atoms with Gasteiger partial charge in [-0.25, -0.2) is 9.37 Å². The molecule has 0 amide bonds. The van der Waals surface area contributed by atoms with Gasteiger partial charge < -0.3 is 4.98 Å². The summed E-state index contributed by atoms with van der Waals surface area (Å²) < 4.78 is 14.9. The summed E-state index contributed by atoms with van der Waals surface area (Å²) >= 11 is 9.19. The molecule has 2 nitrogen and oxygen atoms in total. The van der Waals surface area contributed by atoms with Gasteiger partial charge in [0.1, 0.15) is 11.6 Å². The Morgan fingerprint density at radius 2 is 2.05 bits per heavy atom. The Labute approximate surface area is 122 Å². The number of benzene rings is 2. The average molecular weight is 340 g/mol. The van der Waals surface area contributed by atoms with E-state index in [-0.39, 0.29) is 5.82 Å². The van der Waals surface area contributed by atoms with Gasteiger partial charge in [0, 0.05) is 9.50 Å². The summed E-state index contributed by atoms with van der Waals surface area (Å²) in [7, 11) is 0. The minimum absolute atomic E-state index is 0.372. The highest BCUT2D eigenvalue weighted by atomic mass is 79.9. The molecule has 5 heteroatoms. The van der Waals surface area contributed by atoms with Crippen LogP contribution in [0.2, 0.25) is 5.02 Å². The van der Waals surface area contributed by atoms with E-state index in [1.807, 2.05) is 19.1 Å². The van der Waals surface area contributed by atoms with Gasteiger partial charge >= 0.3 is 0 Å². The van der Waals surface area contributed by atoms with Gasteiger partial charge in [-0.15, -0.1) is 0 Å². The predicted octanol–water partition coefficient (Wildman–Crippen LogP) is 5.09. The third-order valence-electron chi connectivity index (χ3n) is 2.93. The van der Waals surface area contributed by atoms with Crippen molar-refractivity contribution < 1.29 is 4.39 Å². The number of hydrogen-bond acceptors (Lipinski definition) is 1. The molecule has 0 aliphatic heterocycles. The number of halogens is 3. The number of fused-ring (bicyclic) bond motifs is 1. The lowest BCUT2D eigenvalue weighted by molar-refractivity contribution is 0.630. The Morgan fingerprint density at radius 1 is 1.26 bits per heavy atom. The molecule has 0 fully saturated rings. The molecule has 2 aromatic carbocycles. The van der Waals surface area contributed by atoms with E-state index in [2.05, 4.69) is 25.9 Å². The predicted molar refractivity (Wildman–Crippen MR) is 78.9 cm³/mol. The molecule has 96 valence electrons. The molecule has 1 aromatic heterocycles. The van der Waals surface area contributed by atoms with Crippen LogP contribution in [0.3, 0.4) is 0 Å². The molecule has 0 radical (unpaired) electrons. The van der Waals surface area contributed by atoms with Gasteiger partial charge in [0.2, 0.25) is 0 Å². The molecule has 0 aliphatic carbocycles. The lowest BCUT2D eigenvalue weighted by Crippen LogP contribution is -1.86. The summed E-state index contributed by atoms with van der Waals surface area (Å²) in [6, 6.07) is 8.46. The lowest BCUT2D eigenvalue weighted by Gasteiger charge is -1.99. The summed E-state index contributed by atoms with van der Waals surface area (Å²) in [4.78, 5) is 7.58. The highest BCUT2D eigenvalue weighted by Gasteiger charge is 2.12. The average Bonchev–Trinajstić information content (AvgIpc) is 2.72. The van der Waals surface area contributed by atoms with Crippen molar-refractivity contribution >= 4 is 38.6 Å². The highest BCUT2D eigenvalue weighted by molar-refractivity contribution is 9.10. The summed E-state index contributed by atoms with van der Waals surface area (Å²) in [6.45, 7) is 1.97. The van der Waals surface area contributed by atoms with E-state index in [0.29, 0.717) is 16.4 Å². The molecule has 19 heavy (non-hydrogen) atoms. The molecule has 3 rings (SSSR count). The Balaban J connectivity index is 2.23. The quantitative estimate of drug-likeness (QED) is 0.657. The SMILES string of the molecule is Cc1cc(Br)cc2[nH]c(-c3ccc(Cl)cc3F)nc12. The first-order valence-electron chi connectivity index (χ1n) is 5.66. The van der Waals surface area contributed by atoms with Crippen LogP contribution in [0, 0.1) is 12.7 Å². The zero-order valence-corrected chi connectivity index (χ0v) is 12.3. The van der Waals surface area contributed by atoms with Crippen LogP contribution in [-0.4, -0.2) is 9.97 Å². The van der Waals surface area contributed by atoms with E-state index in [1.54, 1.807) is 12.1 Å². The second-order valence-corrected chi connectivity index (χ2v) is 5.68. The Morgan fingerprint density at radius 3 is 2.79 bits per heavy atom. The first-order chi connectivity index (χ1) is 9.04. The fourth-order valence-corrected chi connectivity index (χ4v) is 2.79. The lowest BCUT2D eigenvalue weighted by atomic mass is 10.2. The van der Waals surface area contributed by atoms with E-state index in [0.717, 1.165) is 21.1 Å². The van der Waals surface area contributed by atoms with Gasteiger partial charge in [0.15, 0.2) is 0 Å².